The fourth-order valence-electron chi connectivity index (χ4n) is 1.93. The number of benzene rings is 1. The third-order valence-electron chi connectivity index (χ3n) is 3.11. The molecule has 0 radical (unpaired) electrons. The van der Waals surface area contributed by atoms with Crippen molar-refractivity contribution in [3.05, 3.63) is 29.8 Å². The van der Waals surface area contributed by atoms with Crippen molar-refractivity contribution in [1.82, 2.24) is 10.2 Å². The Bertz CT molecular complexity index is 564. The molecule has 6 heteroatoms. The van der Waals surface area contributed by atoms with Crippen molar-refractivity contribution in [3.8, 4) is 6.07 Å². The molecule has 1 N–H and O–H groups in total. The van der Waals surface area contributed by atoms with Crippen LogP contribution >= 0.6 is 0 Å². The maximum Gasteiger partial charge on any atom is 0.223 e. The second-order valence-corrected chi connectivity index (χ2v) is 5.24. The van der Waals surface area contributed by atoms with Crippen LogP contribution in [0.1, 0.15) is 18.9 Å². The van der Waals surface area contributed by atoms with Gasteiger partial charge in [-0.05, 0) is 32.3 Å². The monoisotopic (exact) mass is 302 g/mol. The molecule has 0 aliphatic carbocycles. The zero-order valence-electron chi connectivity index (χ0n) is 13.3. The molecule has 118 valence electrons. The Morgan fingerprint density at radius 3 is 2.59 bits per heavy atom. The maximum absolute atomic E-state index is 11.8. The minimum atomic E-state index is -0.156. The SMILES string of the molecule is CC(=O)N(CCC(=O)NCCN(C)C)c1cccc(C#N)c1. The molecule has 0 saturated heterocycles. The van der Waals surface area contributed by atoms with Crippen LogP contribution in [0.4, 0.5) is 5.69 Å². The summed E-state index contributed by atoms with van der Waals surface area (Å²) in [6, 6.07) is 8.84. The molecule has 1 aromatic carbocycles. The van der Waals surface area contributed by atoms with E-state index in [2.05, 4.69) is 5.32 Å². The largest absolute Gasteiger partial charge is 0.355 e. The number of likely N-dealkylation sites (N-methyl/N-ethyl adjacent to an activating group) is 1. The molecule has 1 rings (SSSR count). The first kappa shape index (κ1) is 17.7. The van der Waals surface area contributed by atoms with Gasteiger partial charge in [0.05, 0.1) is 11.6 Å². The summed E-state index contributed by atoms with van der Waals surface area (Å²) in [4.78, 5) is 27.0. The van der Waals surface area contributed by atoms with Crippen LogP contribution in [0.3, 0.4) is 0 Å². The van der Waals surface area contributed by atoms with E-state index in [1.807, 2.05) is 25.1 Å². The highest BCUT2D eigenvalue weighted by Gasteiger charge is 2.13. The number of carbonyl (C=O) groups is 2. The molecule has 0 aromatic heterocycles. The van der Waals surface area contributed by atoms with Crippen molar-refractivity contribution < 1.29 is 9.59 Å². The van der Waals surface area contributed by atoms with Gasteiger partial charge in [-0.2, -0.15) is 5.26 Å². The molecule has 0 fully saturated rings. The average molecular weight is 302 g/mol. The molecule has 0 spiro atoms. The number of nitriles is 1. The molecular weight excluding hydrogens is 280 g/mol. The van der Waals surface area contributed by atoms with E-state index in [0.29, 0.717) is 17.8 Å². The molecule has 0 bridgehead atoms. The van der Waals surface area contributed by atoms with E-state index in [4.69, 9.17) is 5.26 Å². The Labute approximate surface area is 131 Å². The Kier molecular flexibility index (Phi) is 7.06. The summed E-state index contributed by atoms with van der Waals surface area (Å²) >= 11 is 0. The lowest BCUT2D eigenvalue weighted by molar-refractivity contribution is -0.121. The normalized spacial score (nSPS) is 10.1. The van der Waals surface area contributed by atoms with Gasteiger partial charge in [-0.15, -0.1) is 0 Å². The van der Waals surface area contributed by atoms with Crippen LogP contribution in [0.5, 0.6) is 0 Å². The van der Waals surface area contributed by atoms with Gasteiger partial charge in [-0.25, -0.2) is 0 Å². The molecule has 2 amide bonds. The lowest BCUT2D eigenvalue weighted by Crippen LogP contribution is -2.36. The van der Waals surface area contributed by atoms with Crippen LogP contribution in [0, 0.1) is 11.3 Å². The van der Waals surface area contributed by atoms with Gasteiger partial charge >= 0.3 is 0 Å². The van der Waals surface area contributed by atoms with Crippen LogP contribution in [-0.4, -0.2) is 50.4 Å². The molecule has 0 atom stereocenters. The van der Waals surface area contributed by atoms with Crippen molar-refractivity contribution in [2.75, 3.05) is 38.6 Å². The average Bonchev–Trinajstić information content (AvgIpc) is 2.47. The number of nitrogens with one attached hydrogen (secondary N) is 1. The Morgan fingerprint density at radius 2 is 2.00 bits per heavy atom. The first-order valence-corrected chi connectivity index (χ1v) is 7.13. The Morgan fingerprint density at radius 1 is 1.27 bits per heavy atom. The summed E-state index contributed by atoms with van der Waals surface area (Å²) in [6.07, 6.45) is 0.226. The predicted molar refractivity (Wildman–Crippen MR) is 85.4 cm³/mol. The molecule has 0 saturated carbocycles. The second-order valence-electron chi connectivity index (χ2n) is 5.24. The van der Waals surface area contributed by atoms with Crippen molar-refractivity contribution in [2.45, 2.75) is 13.3 Å². The van der Waals surface area contributed by atoms with Crippen LogP contribution in [0.2, 0.25) is 0 Å². The topological polar surface area (TPSA) is 76.4 Å². The van der Waals surface area contributed by atoms with E-state index in [1.165, 1.54) is 11.8 Å². The number of amides is 2. The number of anilines is 1. The Balaban J connectivity index is 2.60. The van der Waals surface area contributed by atoms with Gasteiger partial charge in [-0.1, -0.05) is 6.07 Å². The third-order valence-corrected chi connectivity index (χ3v) is 3.11. The summed E-state index contributed by atoms with van der Waals surface area (Å²) in [5.74, 6) is -0.249. The molecule has 0 heterocycles. The maximum atomic E-state index is 11.8. The van der Waals surface area contributed by atoms with E-state index >= 15 is 0 Å². The third kappa shape index (κ3) is 5.94. The highest BCUT2D eigenvalue weighted by atomic mass is 16.2. The lowest BCUT2D eigenvalue weighted by Gasteiger charge is -2.21. The van der Waals surface area contributed by atoms with Crippen molar-refractivity contribution in [3.63, 3.8) is 0 Å². The van der Waals surface area contributed by atoms with Crippen LogP contribution in [0.25, 0.3) is 0 Å². The number of hydrogen-bond donors (Lipinski definition) is 1. The van der Waals surface area contributed by atoms with Crippen LogP contribution in [0.15, 0.2) is 24.3 Å². The first-order valence-electron chi connectivity index (χ1n) is 7.13. The van der Waals surface area contributed by atoms with Gasteiger partial charge in [0.2, 0.25) is 11.8 Å². The van der Waals surface area contributed by atoms with Gasteiger partial charge in [0.15, 0.2) is 0 Å². The van der Waals surface area contributed by atoms with E-state index in [-0.39, 0.29) is 24.8 Å². The van der Waals surface area contributed by atoms with Gasteiger partial charge < -0.3 is 15.1 Å². The molecular formula is C16H22N4O2. The van der Waals surface area contributed by atoms with Gasteiger partial charge in [0.25, 0.3) is 0 Å². The molecule has 0 unspecified atom stereocenters. The second kappa shape index (κ2) is 8.80. The summed E-state index contributed by atoms with van der Waals surface area (Å²) in [5, 5.41) is 11.7. The molecule has 22 heavy (non-hydrogen) atoms. The summed E-state index contributed by atoms with van der Waals surface area (Å²) in [5.41, 5.74) is 1.12. The summed E-state index contributed by atoms with van der Waals surface area (Å²) in [7, 11) is 3.87. The summed E-state index contributed by atoms with van der Waals surface area (Å²) < 4.78 is 0. The van der Waals surface area contributed by atoms with Crippen molar-refractivity contribution in [2.24, 2.45) is 0 Å². The number of rotatable bonds is 7. The number of nitrogens with zero attached hydrogens (tertiary/aromatic N) is 3. The Hall–Kier alpha value is -2.39. The summed E-state index contributed by atoms with van der Waals surface area (Å²) in [6.45, 7) is 3.09. The van der Waals surface area contributed by atoms with Crippen LogP contribution in [-0.2, 0) is 9.59 Å². The fraction of sp³-hybridized carbons (Fsp3) is 0.438. The van der Waals surface area contributed by atoms with Crippen LogP contribution < -0.4 is 10.2 Å². The minimum Gasteiger partial charge on any atom is -0.355 e. The van der Waals surface area contributed by atoms with Gasteiger partial charge in [-0.3, -0.25) is 9.59 Å². The highest BCUT2D eigenvalue weighted by molar-refractivity contribution is 5.92. The first-order chi connectivity index (χ1) is 10.4. The van der Waals surface area contributed by atoms with E-state index in [1.54, 1.807) is 24.3 Å². The zero-order valence-corrected chi connectivity index (χ0v) is 13.3. The van der Waals surface area contributed by atoms with Gasteiger partial charge in [0, 0.05) is 38.7 Å². The smallest absolute Gasteiger partial charge is 0.223 e. The predicted octanol–water partition coefficient (Wildman–Crippen LogP) is 0.979. The van der Waals surface area contributed by atoms with E-state index in [0.717, 1.165) is 6.54 Å². The highest BCUT2D eigenvalue weighted by Crippen LogP contribution is 2.16. The fourth-order valence-corrected chi connectivity index (χ4v) is 1.93. The van der Waals surface area contributed by atoms with Gasteiger partial charge in [0.1, 0.15) is 0 Å². The van der Waals surface area contributed by atoms with Crippen molar-refractivity contribution >= 4 is 17.5 Å². The number of carbonyl (C=O) groups excluding carboxylic acids is 2. The lowest BCUT2D eigenvalue weighted by atomic mass is 10.2. The molecule has 0 aliphatic heterocycles. The molecule has 6 nitrogen and oxygen atoms in total. The zero-order chi connectivity index (χ0) is 16.5. The molecule has 0 aliphatic rings. The molecule has 1 aromatic rings. The van der Waals surface area contributed by atoms with E-state index in [9.17, 15) is 9.59 Å². The quantitative estimate of drug-likeness (QED) is 0.814. The minimum absolute atomic E-state index is 0.0930. The van der Waals surface area contributed by atoms with E-state index < -0.39 is 0 Å². The standard InChI is InChI=1S/C16H22N4O2/c1-13(21)20(15-6-4-5-14(11-15)12-17)9-7-16(22)18-8-10-19(2)3/h4-6,11H,7-10H2,1-3H3,(H,18,22). The number of hydrogen-bond acceptors (Lipinski definition) is 4. The van der Waals surface area contributed by atoms with Crippen molar-refractivity contribution in [1.29, 1.82) is 5.26 Å².